The van der Waals surface area contributed by atoms with Crippen molar-refractivity contribution in [1.82, 2.24) is 9.78 Å². The summed E-state index contributed by atoms with van der Waals surface area (Å²) < 4.78 is 1.99. The van der Waals surface area contributed by atoms with E-state index in [4.69, 9.17) is 5.26 Å². The van der Waals surface area contributed by atoms with E-state index in [1.807, 2.05) is 22.5 Å². The van der Waals surface area contributed by atoms with Gasteiger partial charge in [-0.2, -0.15) is 22.1 Å². The number of thioether (sulfide) groups is 1. The first-order valence-corrected chi connectivity index (χ1v) is 5.04. The molecule has 0 spiro atoms. The van der Waals surface area contributed by atoms with E-state index in [0.717, 1.165) is 17.2 Å². The quantitative estimate of drug-likeness (QED) is 0.685. The Hall–Kier alpha value is -0.950. The van der Waals surface area contributed by atoms with Gasteiger partial charge in [0, 0.05) is 17.7 Å². The number of rotatable bonds is 2. The van der Waals surface area contributed by atoms with Crippen LogP contribution in [0.25, 0.3) is 0 Å². The lowest BCUT2D eigenvalue weighted by Crippen LogP contribution is -2.25. The number of hydrogen-bond acceptors (Lipinski definition) is 3. The minimum atomic E-state index is 0.473. The highest BCUT2D eigenvalue weighted by molar-refractivity contribution is 8.00. The predicted octanol–water partition coefficient (Wildman–Crippen LogP) is 1.24. The Morgan fingerprint density at radius 2 is 2.58 bits per heavy atom. The van der Waals surface area contributed by atoms with Crippen molar-refractivity contribution >= 4 is 11.8 Å². The second-order valence-electron chi connectivity index (χ2n) is 2.79. The molecule has 0 amide bonds. The molecule has 0 unspecified atom stereocenters. The van der Waals surface area contributed by atoms with Gasteiger partial charge in [0.05, 0.1) is 24.2 Å². The minimum absolute atomic E-state index is 0.473. The summed E-state index contributed by atoms with van der Waals surface area (Å²) in [5, 5.41) is 12.7. The van der Waals surface area contributed by atoms with Crippen LogP contribution in [-0.4, -0.2) is 21.3 Å². The molecule has 1 aliphatic heterocycles. The highest BCUT2D eigenvalue weighted by Gasteiger charge is 2.22. The van der Waals surface area contributed by atoms with E-state index in [9.17, 15) is 0 Å². The van der Waals surface area contributed by atoms with E-state index < -0.39 is 0 Å². The fourth-order valence-electron chi connectivity index (χ4n) is 1.26. The average molecular weight is 179 g/mol. The van der Waals surface area contributed by atoms with Crippen molar-refractivity contribution in [2.75, 3.05) is 11.5 Å². The summed E-state index contributed by atoms with van der Waals surface area (Å²) in [6.45, 7) is 0. The van der Waals surface area contributed by atoms with Crippen LogP contribution in [0.1, 0.15) is 11.7 Å². The molecule has 0 saturated carbocycles. The third kappa shape index (κ3) is 1.21. The van der Waals surface area contributed by atoms with Gasteiger partial charge in [0.1, 0.15) is 0 Å². The Labute approximate surface area is 75.4 Å². The van der Waals surface area contributed by atoms with Gasteiger partial charge in [0.2, 0.25) is 0 Å². The number of hydrogen-bond donors (Lipinski definition) is 0. The summed E-state index contributed by atoms with van der Waals surface area (Å²) in [7, 11) is 0. The summed E-state index contributed by atoms with van der Waals surface area (Å²) in [5.41, 5.74) is 1.04. The zero-order chi connectivity index (χ0) is 8.39. The van der Waals surface area contributed by atoms with Crippen LogP contribution in [0.4, 0.5) is 0 Å². The summed E-state index contributed by atoms with van der Waals surface area (Å²) >= 11 is 1.93. The maximum absolute atomic E-state index is 8.54. The molecule has 0 bridgehead atoms. The smallest absolute Gasteiger partial charge is 0.0771 e. The summed E-state index contributed by atoms with van der Waals surface area (Å²) in [6.07, 6.45) is 2.25. The monoisotopic (exact) mass is 179 g/mol. The van der Waals surface area contributed by atoms with Crippen molar-refractivity contribution < 1.29 is 0 Å². The van der Waals surface area contributed by atoms with Gasteiger partial charge in [0.15, 0.2) is 0 Å². The van der Waals surface area contributed by atoms with Crippen LogP contribution in [-0.2, 0) is 6.42 Å². The van der Waals surface area contributed by atoms with E-state index in [-0.39, 0.29) is 0 Å². The van der Waals surface area contributed by atoms with Gasteiger partial charge in [-0.25, -0.2) is 0 Å². The molecule has 1 saturated heterocycles. The first kappa shape index (κ1) is 7.69. The van der Waals surface area contributed by atoms with E-state index >= 15 is 0 Å². The van der Waals surface area contributed by atoms with E-state index in [1.165, 1.54) is 0 Å². The lowest BCUT2D eigenvalue weighted by Gasteiger charge is -2.26. The SMILES string of the molecule is N#CCc1ccnn1C1CSC1. The number of nitrogens with zero attached hydrogens (tertiary/aromatic N) is 3. The van der Waals surface area contributed by atoms with Crippen molar-refractivity contribution in [1.29, 1.82) is 5.26 Å². The van der Waals surface area contributed by atoms with Crippen LogP contribution < -0.4 is 0 Å². The molecule has 2 rings (SSSR count). The molecule has 4 heteroatoms. The lowest BCUT2D eigenvalue weighted by molar-refractivity contribution is 0.510. The van der Waals surface area contributed by atoms with Gasteiger partial charge in [-0.15, -0.1) is 0 Å². The first-order chi connectivity index (χ1) is 5.92. The molecule has 3 nitrogen and oxygen atoms in total. The standard InChI is InChI=1S/C8H9N3S/c9-3-1-7-2-4-10-11(7)8-5-12-6-8/h2,4,8H,1,5-6H2. The molecule has 12 heavy (non-hydrogen) atoms. The molecule has 1 aliphatic rings. The van der Waals surface area contributed by atoms with Crippen LogP contribution in [0.2, 0.25) is 0 Å². The predicted molar refractivity (Wildman–Crippen MR) is 47.9 cm³/mol. The molecule has 0 atom stereocenters. The van der Waals surface area contributed by atoms with Gasteiger partial charge in [-0.1, -0.05) is 0 Å². The maximum Gasteiger partial charge on any atom is 0.0771 e. The zero-order valence-electron chi connectivity index (χ0n) is 6.60. The molecule has 2 heterocycles. The molecule has 1 aromatic rings. The summed E-state index contributed by atoms with van der Waals surface area (Å²) in [5.74, 6) is 2.28. The third-order valence-electron chi connectivity index (χ3n) is 1.98. The fourth-order valence-corrected chi connectivity index (χ4v) is 1.98. The van der Waals surface area contributed by atoms with Crippen LogP contribution in [0.3, 0.4) is 0 Å². The first-order valence-electron chi connectivity index (χ1n) is 3.89. The molecule has 0 radical (unpaired) electrons. The molecule has 0 aliphatic carbocycles. The average Bonchev–Trinajstić information content (AvgIpc) is 2.35. The van der Waals surface area contributed by atoms with Gasteiger partial charge < -0.3 is 0 Å². The van der Waals surface area contributed by atoms with E-state index in [2.05, 4.69) is 11.2 Å². The Morgan fingerprint density at radius 3 is 3.17 bits per heavy atom. The van der Waals surface area contributed by atoms with Crippen molar-refractivity contribution in [2.24, 2.45) is 0 Å². The highest BCUT2D eigenvalue weighted by Crippen LogP contribution is 2.29. The molecule has 1 aromatic heterocycles. The lowest BCUT2D eigenvalue weighted by atomic mass is 10.3. The van der Waals surface area contributed by atoms with Crippen molar-refractivity contribution in [2.45, 2.75) is 12.5 Å². The van der Waals surface area contributed by atoms with Crippen molar-refractivity contribution in [3.63, 3.8) is 0 Å². The number of aromatic nitrogens is 2. The Kier molecular flexibility index (Phi) is 2.05. The summed E-state index contributed by atoms with van der Waals surface area (Å²) in [6, 6.07) is 4.60. The largest absolute Gasteiger partial charge is 0.264 e. The second kappa shape index (κ2) is 3.20. The highest BCUT2D eigenvalue weighted by atomic mass is 32.2. The molecule has 0 N–H and O–H groups in total. The molecule has 1 fully saturated rings. The Bertz CT molecular complexity index is 308. The second-order valence-corrected chi connectivity index (χ2v) is 3.87. The fraction of sp³-hybridized carbons (Fsp3) is 0.500. The molecule has 62 valence electrons. The van der Waals surface area contributed by atoms with Crippen molar-refractivity contribution in [3.05, 3.63) is 18.0 Å². The van der Waals surface area contributed by atoms with E-state index in [1.54, 1.807) is 6.20 Å². The normalized spacial score (nSPS) is 16.9. The minimum Gasteiger partial charge on any atom is -0.264 e. The topological polar surface area (TPSA) is 41.6 Å². The zero-order valence-corrected chi connectivity index (χ0v) is 7.42. The Morgan fingerprint density at radius 1 is 1.75 bits per heavy atom. The maximum atomic E-state index is 8.54. The van der Waals surface area contributed by atoms with Gasteiger partial charge >= 0.3 is 0 Å². The van der Waals surface area contributed by atoms with Gasteiger partial charge in [-0.3, -0.25) is 4.68 Å². The summed E-state index contributed by atoms with van der Waals surface area (Å²) in [4.78, 5) is 0. The van der Waals surface area contributed by atoms with Gasteiger partial charge in [0.25, 0.3) is 0 Å². The van der Waals surface area contributed by atoms with Crippen LogP contribution in [0.15, 0.2) is 12.3 Å². The van der Waals surface area contributed by atoms with Crippen LogP contribution >= 0.6 is 11.8 Å². The van der Waals surface area contributed by atoms with Crippen LogP contribution in [0, 0.1) is 11.3 Å². The van der Waals surface area contributed by atoms with Crippen LogP contribution in [0.5, 0.6) is 0 Å². The molecular formula is C8H9N3S. The Balaban J connectivity index is 2.19. The molecule has 0 aromatic carbocycles. The van der Waals surface area contributed by atoms with Crippen molar-refractivity contribution in [3.8, 4) is 6.07 Å². The number of nitriles is 1. The third-order valence-corrected chi connectivity index (χ3v) is 3.22. The molecular weight excluding hydrogens is 170 g/mol. The van der Waals surface area contributed by atoms with E-state index in [0.29, 0.717) is 12.5 Å². The van der Waals surface area contributed by atoms with Gasteiger partial charge in [-0.05, 0) is 6.07 Å².